The summed E-state index contributed by atoms with van der Waals surface area (Å²) in [5, 5.41) is 11.8. The number of nitrogens with zero attached hydrogens (tertiary/aromatic N) is 1. The Bertz CT molecular complexity index is 1640. The quantitative estimate of drug-likeness (QED) is 0.134. The molecule has 39 heavy (non-hydrogen) atoms. The van der Waals surface area contributed by atoms with Crippen molar-refractivity contribution in [1.29, 1.82) is 0 Å². The molecule has 5 rings (SSSR count). The third kappa shape index (κ3) is 6.38. The Morgan fingerprint density at radius 1 is 0.872 bits per heavy atom. The first kappa shape index (κ1) is 26.3. The summed E-state index contributed by atoms with van der Waals surface area (Å²) in [4.78, 5) is 12.4. The number of nitrogens with one attached hydrogen (secondary N) is 2. The number of benzene rings is 5. The number of hydrogen-bond donors (Lipinski definition) is 2. The van der Waals surface area contributed by atoms with E-state index in [1.54, 1.807) is 6.21 Å². The summed E-state index contributed by atoms with van der Waals surface area (Å²) >= 11 is 3.62. The molecule has 0 fully saturated rings. The number of hydrogen-bond acceptors (Lipinski definition) is 5. The number of fused-ring (bicyclic) bond motifs is 2. The van der Waals surface area contributed by atoms with Gasteiger partial charge in [0.25, 0.3) is 5.91 Å². The van der Waals surface area contributed by atoms with Crippen LogP contribution in [0.4, 0.5) is 5.69 Å². The zero-order valence-corrected chi connectivity index (χ0v) is 23.1. The lowest BCUT2D eigenvalue weighted by Gasteiger charge is -2.15. The van der Waals surface area contributed by atoms with Crippen LogP contribution < -0.4 is 20.2 Å². The van der Waals surface area contributed by atoms with E-state index in [-0.39, 0.29) is 12.5 Å². The number of carbonyl (C=O) groups is 1. The molecule has 0 saturated carbocycles. The number of amides is 1. The van der Waals surface area contributed by atoms with Crippen LogP contribution in [0.3, 0.4) is 0 Å². The maximum Gasteiger partial charge on any atom is 0.259 e. The highest BCUT2D eigenvalue weighted by Gasteiger charge is 2.13. The highest BCUT2D eigenvalue weighted by Crippen LogP contribution is 2.37. The van der Waals surface area contributed by atoms with Gasteiger partial charge in [-0.25, -0.2) is 5.43 Å². The predicted octanol–water partition coefficient (Wildman–Crippen LogP) is 7.30. The fourth-order valence-corrected chi connectivity index (χ4v) is 4.98. The van der Waals surface area contributed by atoms with Crippen molar-refractivity contribution in [2.24, 2.45) is 5.10 Å². The van der Waals surface area contributed by atoms with Crippen molar-refractivity contribution in [3.8, 4) is 11.5 Å². The third-order valence-electron chi connectivity index (χ3n) is 6.22. The zero-order chi connectivity index (χ0) is 27.0. The van der Waals surface area contributed by atoms with Crippen molar-refractivity contribution in [2.45, 2.75) is 13.5 Å². The Morgan fingerprint density at radius 3 is 2.36 bits per heavy atom. The van der Waals surface area contributed by atoms with E-state index in [1.807, 2.05) is 79.7 Å². The summed E-state index contributed by atoms with van der Waals surface area (Å²) in [7, 11) is 0. The van der Waals surface area contributed by atoms with Gasteiger partial charge in [-0.2, -0.15) is 5.10 Å². The van der Waals surface area contributed by atoms with Crippen LogP contribution >= 0.6 is 15.9 Å². The van der Waals surface area contributed by atoms with Gasteiger partial charge >= 0.3 is 0 Å². The molecule has 6 nitrogen and oxygen atoms in total. The molecule has 0 bridgehead atoms. The van der Waals surface area contributed by atoms with Gasteiger partial charge in [0, 0.05) is 11.1 Å². The number of anilines is 1. The van der Waals surface area contributed by atoms with Crippen molar-refractivity contribution >= 4 is 55.3 Å². The molecule has 196 valence electrons. The standard InChI is InChI=1S/C32H28BrN3O3/c1-2-38-30-18-22(17-28(33)32(30)39-21-25-13-7-11-23-9-3-5-14-26(23)25)19-35-36-31(37)20-34-29-16-8-12-24-10-4-6-15-27(24)29/h3-19,34H,2,20-21H2,1H3,(H,36,37)/b35-19-. The SMILES string of the molecule is CCOc1cc(/C=N\NC(=O)CNc2cccc3ccccc23)cc(Br)c1OCc1cccc2ccccc12. The van der Waals surface area contributed by atoms with E-state index < -0.39 is 0 Å². The van der Waals surface area contributed by atoms with Gasteiger partial charge in [0.05, 0.1) is 23.8 Å². The first-order chi connectivity index (χ1) is 19.1. The Morgan fingerprint density at radius 2 is 1.56 bits per heavy atom. The van der Waals surface area contributed by atoms with Gasteiger partial charge in [0.2, 0.25) is 0 Å². The maximum atomic E-state index is 12.4. The van der Waals surface area contributed by atoms with E-state index in [9.17, 15) is 4.79 Å². The van der Waals surface area contributed by atoms with Gasteiger partial charge in [-0.05, 0) is 68.3 Å². The average molecular weight is 582 g/mol. The molecule has 0 aliphatic carbocycles. The minimum absolute atomic E-state index is 0.0974. The molecule has 0 heterocycles. The Kier molecular flexibility index (Phi) is 8.39. The molecule has 0 unspecified atom stereocenters. The molecule has 2 N–H and O–H groups in total. The summed E-state index contributed by atoms with van der Waals surface area (Å²) in [6.07, 6.45) is 1.58. The lowest BCUT2D eigenvalue weighted by atomic mass is 10.1. The van der Waals surface area contributed by atoms with E-state index in [1.165, 1.54) is 5.39 Å². The summed E-state index contributed by atoms with van der Waals surface area (Å²) < 4.78 is 12.8. The van der Waals surface area contributed by atoms with Crippen LogP contribution in [0.15, 0.2) is 107 Å². The summed E-state index contributed by atoms with van der Waals surface area (Å²) in [6.45, 7) is 2.90. The van der Waals surface area contributed by atoms with Gasteiger partial charge in [-0.15, -0.1) is 0 Å². The van der Waals surface area contributed by atoms with Crippen molar-refractivity contribution in [2.75, 3.05) is 18.5 Å². The van der Waals surface area contributed by atoms with Crippen molar-refractivity contribution < 1.29 is 14.3 Å². The van der Waals surface area contributed by atoms with Gasteiger partial charge in [-0.3, -0.25) is 4.79 Å². The van der Waals surface area contributed by atoms with Gasteiger partial charge in [-0.1, -0.05) is 78.9 Å². The second-order valence-electron chi connectivity index (χ2n) is 8.86. The largest absolute Gasteiger partial charge is 0.490 e. The molecule has 7 heteroatoms. The molecule has 0 aromatic heterocycles. The smallest absolute Gasteiger partial charge is 0.259 e. The number of halogens is 1. The molecule has 1 amide bonds. The first-order valence-corrected chi connectivity index (χ1v) is 13.5. The lowest BCUT2D eigenvalue weighted by Crippen LogP contribution is -2.25. The monoisotopic (exact) mass is 581 g/mol. The first-order valence-electron chi connectivity index (χ1n) is 12.7. The molecule has 0 aliphatic heterocycles. The normalized spacial score (nSPS) is 11.1. The second kappa shape index (κ2) is 12.5. The molecular weight excluding hydrogens is 554 g/mol. The second-order valence-corrected chi connectivity index (χ2v) is 9.72. The molecule has 0 saturated heterocycles. The van der Waals surface area contributed by atoms with Crippen molar-refractivity contribution in [3.05, 3.63) is 113 Å². The van der Waals surface area contributed by atoms with E-state index in [4.69, 9.17) is 9.47 Å². The number of hydrazone groups is 1. The number of rotatable bonds is 10. The van der Waals surface area contributed by atoms with Crippen LogP contribution in [0, 0.1) is 0 Å². The van der Waals surface area contributed by atoms with Crippen molar-refractivity contribution in [3.63, 3.8) is 0 Å². The van der Waals surface area contributed by atoms with E-state index in [0.29, 0.717) is 24.7 Å². The minimum Gasteiger partial charge on any atom is -0.490 e. The average Bonchev–Trinajstić information content (AvgIpc) is 2.96. The minimum atomic E-state index is -0.252. The van der Waals surface area contributed by atoms with Crippen LogP contribution in [0.25, 0.3) is 21.5 Å². The van der Waals surface area contributed by atoms with Gasteiger partial charge in [0.15, 0.2) is 11.5 Å². The molecule has 5 aromatic rings. The topological polar surface area (TPSA) is 72.0 Å². The van der Waals surface area contributed by atoms with Crippen LogP contribution in [-0.2, 0) is 11.4 Å². The van der Waals surface area contributed by atoms with E-state index in [2.05, 4.69) is 56.0 Å². The highest BCUT2D eigenvalue weighted by atomic mass is 79.9. The predicted molar refractivity (Wildman–Crippen MR) is 162 cm³/mol. The summed E-state index contributed by atoms with van der Waals surface area (Å²) in [5.41, 5.74) is 5.32. The molecule has 0 radical (unpaired) electrons. The van der Waals surface area contributed by atoms with Crippen molar-refractivity contribution in [1.82, 2.24) is 5.43 Å². The fourth-order valence-electron chi connectivity index (χ4n) is 4.41. The molecule has 5 aromatic carbocycles. The van der Waals surface area contributed by atoms with Crippen LogP contribution in [0.2, 0.25) is 0 Å². The third-order valence-corrected chi connectivity index (χ3v) is 6.80. The number of ether oxygens (including phenoxy) is 2. The Balaban J connectivity index is 1.23. The Labute approximate surface area is 235 Å². The summed E-state index contributed by atoms with van der Waals surface area (Å²) in [6, 6.07) is 32.1. The maximum absolute atomic E-state index is 12.4. The summed E-state index contributed by atoms with van der Waals surface area (Å²) in [5.74, 6) is 0.959. The Hall–Kier alpha value is -4.36. The van der Waals surface area contributed by atoms with E-state index in [0.717, 1.165) is 37.4 Å². The van der Waals surface area contributed by atoms with Crippen LogP contribution in [0.5, 0.6) is 11.5 Å². The fraction of sp³-hybridized carbons (Fsp3) is 0.125. The lowest BCUT2D eigenvalue weighted by molar-refractivity contribution is -0.119. The molecule has 0 aliphatic rings. The molecular formula is C32H28BrN3O3. The zero-order valence-electron chi connectivity index (χ0n) is 21.5. The highest BCUT2D eigenvalue weighted by molar-refractivity contribution is 9.10. The molecule has 0 atom stereocenters. The van der Waals surface area contributed by atoms with Crippen LogP contribution in [0.1, 0.15) is 18.1 Å². The van der Waals surface area contributed by atoms with Gasteiger partial charge in [0.1, 0.15) is 6.61 Å². The van der Waals surface area contributed by atoms with E-state index >= 15 is 0 Å². The van der Waals surface area contributed by atoms with Gasteiger partial charge < -0.3 is 14.8 Å². The number of carbonyl (C=O) groups excluding carboxylic acids is 1. The van der Waals surface area contributed by atoms with Crippen LogP contribution in [-0.4, -0.2) is 25.3 Å². The molecule has 0 spiro atoms.